The smallest absolute Gasteiger partial charge is 0.407 e. The molecule has 142 valence electrons. The maximum atomic E-state index is 11.3. The topological polar surface area (TPSA) is 95.1 Å². The van der Waals surface area contributed by atoms with E-state index in [4.69, 9.17) is 9.26 Å². The Bertz CT molecular complexity index is 969. The van der Waals surface area contributed by atoms with Gasteiger partial charge in [-0.05, 0) is 38.7 Å². The maximum absolute atomic E-state index is 11.3. The maximum Gasteiger partial charge on any atom is 0.407 e. The Morgan fingerprint density at radius 2 is 2.07 bits per heavy atom. The Labute approximate surface area is 156 Å². The van der Waals surface area contributed by atoms with Gasteiger partial charge in [0, 0.05) is 31.0 Å². The van der Waals surface area contributed by atoms with Crippen LogP contribution in [-0.2, 0) is 11.8 Å². The number of alkyl carbamates (subject to hydrolysis) is 1. The molecule has 1 aliphatic carbocycles. The van der Waals surface area contributed by atoms with Gasteiger partial charge in [0.05, 0.1) is 11.2 Å². The van der Waals surface area contributed by atoms with Crippen molar-refractivity contribution in [1.29, 1.82) is 0 Å². The predicted molar refractivity (Wildman–Crippen MR) is 99.3 cm³/mol. The van der Waals surface area contributed by atoms with Crippen LogP contribution < -0.4 is 5.32 Å². The van der Waals surface area contributed by atoms with Crippen molar-refractivity contribution in [2.75, 3.05) is 7.05 Å². The number of carbonyl (C=O) groups is 1. The van der Waals surface area contributed by atoms with Crippen LogP contribution in [0.15, 0.2) is 22.7 Å². The van der Waals surface area contributed by atoms with E-state index in [1.165, 1.54) is 0 Å². The highest BCUT2D eigenvalue weighted by Crippen LogP contribution is 2.34. The Balaban J connectivity index is 1.48. The molecule has 8 nitrogen and oxygen atoms in total. The van der Waals surface area contributed by atoms with Gasteiger partial charge in [0.1, 0.15) is 6.10 Å². The summed E-state index contributed by atoms with van der Waals surface area (Å²) in [5.74, 6) is 1.46. The molecular weight excluding hydrogens is 346 g/mol. The normalized spacial score (nSPS) is 20.0. The summed E-state index contributed by atoms with van der Waals surface area (Å²) in [6, 6.07) is 6.09. The van der Waals surface area contributed by atoms with Crippen LogP contribution in [0.1, 0.15) is 43.2 Å². The molecule has 0 bridgehead atoms. The molecule has 0 aliphatic heterocycles. The number of rotatable bonds is 3. The zero-order chi connectivity index (χ0) is 19.0. The first kappa shape index (κ1) is 17.5. The number of ether oxygens (including phenoxy) is 1. The molecule has 8 heteroatoms. The highest BCUT2D eigenvalue weighted by molar-refractivity contribution is 5.85. The number of hydrogen-bond donors (Lipinski definition) is 1. The monoisotopic (exact) mass is 369 g/mol. The van der Waals surface area contributed by atoms with E-state index in [1.807, 2.05) is 36.9 Å². The van der Waals surface area contributed by atoms with Crippen molar-refractivity contribution in [2.24, 2.45) is 7.05 Å². The molecule has 1 aromatic carbocycles. The number of amides is 1. The molecule has 1 amide bonds. The predicted octanol–water partition coefficient (Wildman–Crippen LogP) is 3.31. The SMILES string of the molecule is CNC(=O)OC1CCC(c2nc(-c3ccc4c(C)nn(C)c4c3)no2)CC1. The summed E-state index contributed by atoms with van der Waals surface area (Å²) in [5.41, 5.74) is 2.96. The van der Waals surface area contributed by atoms with Gasteiger partial charge in [0.2, 0.25) is 11.7 Å². The second-order valence-corrected chi connectivity index (χ2v) is 7.03. The fourth-order valence-corrected chi connectivity index (χ4v) is 3.73. The molecular formula is C19H23N5O3. The standard InChI is InChI=1S/C19H23N5O3/c1-11-15-9-6-13(10-16(15)24(3)22-11)17-21-18(27-23-17)12-4-7-14(8-5-12)26-19(25)20-2/h6,9-10,12,14H,4-5,7-8H2,1-3H3,(H,20,25). The summed E-state index contributed by atoms with van der Waals surface area (Å²) in [4.78, 5) is 16.0. The van der Waals surface area contributed by atoms with Crippen LogP contribution in [-0.4, -0.2) is 39.2 Å². The minimum Gasteiger partial charge on any atom is -0.446 e. The van der Waals surface area contributed by atoms with Gasteiger partial charge in [-0.15, -0.1) is 0 Å². The fourth-order valence-electron chi connectivity index (χ4n) is 3.73. The molecule has 0 spiro atoms. The van der Waals surface area contributed by atoms with Crippen LogP contribution in [0.2, 0.25) is 0 Å². The average molecular weight is 369 g/mol. The number of benzene rings is 1. The van der Waals surface area contributed by atoms with Crippen LogP contribution in [0.3, 0.4) is 0 Å². The number of carbonyl (C=O) groups excluding carboxylic acids is 1. The van der Waals surface area contributed by atoms with Gasteiger partial charge in [-0.25, -0.2) is 4.79 Å². The van der Waals surface area contributed by atoms with E-state index in [0.29, 0.717) is 11.7 Å². The van der Waals surface area contributed by atoms with Gasteiger partial charge >= 0.3 is 6.09 Å². The molecule has 2 aromatic heterocycles. The van der Waals surface area contributed by atoms with E-state index >= 15 is 0 Å². The van der Waals surface area contributed by atoms with Crippen molar-refractivity contribution in [3.63, 3.8) is 0 Å². The van der Waals surface area contributed by atoms with Gasteiger partial charge in [-0.3, -0.25) is 4.68 Å². The molecule has 4 rings (SSSR count). The van der Waals surface area contributed by atoms with Crippen molar-refractivity contribution in [3.05, 3.63) is 29.8 Å². The minimum atomic E-state index is -0.376. The van der Waals surface area contributed by atoms with Crippen molar-refractivity contribution in [1.82, 2.24) is 25.2 Å². The van der Waals surface area contributed by atoms with E-state index in [-0.39, 0.29) is 18.1 Å². The second kappa shape index (κ2) is 7.02. The average Bonchev–Trinajstić information content (AvgIpc) is 3.27. The molecule has 2 heterocycles. The lowest BCUT2D eigenvalue weighted by Crippen LogP contribution is -2.28. The van der Waals surface area contributed by atoms with Crippen molar-refractivity contribution in [3.8, 4) is 11.4 Å². The third-order valence-electron chi connectivity index (χ3n) is 5.24. The highest BCUT2D eigenvalue weighted by atomic mass is 16.6. The Kier molecular flexibility index (Phi) is 4.55. The van der Waals surface area contributed by atoms with Crippen LogP contribution in [0, 0.1) is 6.92 Å². The molecule has 0 radical (unpaired) electrons. The lowest BCUT2D eigenvalue weighted by atomic mass is 9.87. The number of nitrogens with zero attached hydrogens (tertiary/aromatic N) is 4. The summed E-state index contributed by atoms with van der Waals surface area (Å²) in [6.07, 6.45) is 2.91. The van der Waals surface area contributed by atoms with E-state index in [1.54, 1.807) is 7.05 Å². The van der Waals surface area contributed by atoms with Gasteiger partial charge in [0.15, 0.2) is 0 Å². The second-order valence-electron chi connectivity index (χ2n) is 7.03. The van der Waals surface area contributed by atoms with Gasteiger partial charge in [-0.2, -0.15) is 10.1 Å². The molecule has 1 fully saturated rings. The Hall–Kier alpha value is -2.90. The third-order valence-corrected chi connectivity index (χ3v) is 5.24. The Morgan fingerprint density at radius 1 is 1.30 bits per heavy atom. The third kappa shape index (κ3) is 3.39. The zero-order valence-corrected chi connectivity index (χ0v) is 15.7. The minimum absolute atomic E-state index is 0.0425. The summed E-state index contributed by atoms with van der Waals surface area (Å²) in [7, 11) is 3.50. The fraction of sp³-hybridized carbons (Fsp3) is 0.474. The van der Waals surface area contributed by atoms with Crippen molar-refractivity contribution >= 4 is 17.0 Å². The molecule has 1 saturated carbocycles. The summed E-state index contributed by atoms with van der Waals surface area (Å²) in [5, 5.41) is 12.2. The van der Waals surface area contributed by atoms with E-state index < -0.39 is 0 Å². The van der Waals surface area contributed by atoms with Crippen LogP contribution >= 0.6 is 0 Å². The van der Waals surface area contributed by atoms with Crippen LogP contribution in [0.4, 0.5) is 4.79 Å². The molecule has 0 unspecified atom stereocenters. The molecule has 0 atom stereocenters. The van der Waals surface area contributed by atoms with Gasteiger partial charge in [-0.1, -0.05) is 17.3 Å². The summed E-state index contributed by atoms with van der Waals surface area (Å²) in [6.45, 7) is 2.00. The molecule has 1 N–H and O–H groups in total. The largest absolute Gasteiger partial charge is 0.446 e. The number of aromatic nitrogens is 4. The number of fused-ring (bicyclic) bond motifs is 1. The molecule has 27 heavy (non-hydrogen) atoms. The van der Waals surface area contributed by atoms with Crippen molar-refractivity contribution in [2.45, 2.75) is 44.6 Å². The van der Waals surface area contributed by atoms with E-state index in [9.17, 15) is 4.79 Å². The van der Waals surface area contributed by atoms with E-state index in [0.717, 1.165) is 47.8 Å². The first-order valence-corrected chi connectivity index (χ1v) is 9.21. The molecule has 3 aromatic rings. The lowest BCUT2D eigenvalue weighted by Gasteiger charge is -2.25. The number of hydrogen-bond acceptors (Lipinski definition) is 6. The quantitative estimate of drug-likeness (QED) is 0.761. The summed E-state index contributed by atoms with van der Waals surface area (Å²) < 4.78 is 12.7. The van der Waals surface area contributed by atoms with Crippen molar-refractivity contribution < 1.29 is 14.1 Å². The van der Waals surface area contributed by atoms with E-state index in [2.05, 4.69) is 20.6 Å². The Morgan fingerprint density at radius 3 is 2.81 bits per heavy atom. The number of aryl methyl sites for hydroxylation is 2. The number of nitrogens with one attached hydrogen (secondary N) is 1. The molecule has 1 aliphatic rings. The van der Waals surface area contributed by atoms with Crippen LogP contribution in [0.5, 0.6) is 0 Å². The summed E-state index contributed by atoms with van der Waals surface area (Å²) >= 11 is 0. The lowest BCUT2D eigenvalue weighted by molar-refractivity contribution is 0.0704. The first-order valence-electron chi connectivity index (χ1n) is 9.21. The molecule has 0 saturated heterocycles. The van der Waals surface area contributed by atoms with Crippen LogP contribution in [0.25, 0.3) is 22.3 Å². The highest BCUT2D eigenvalue weighted by Gasteiger charge is 2.28. The first-order chi connectivity index (χ1) is 13.0. The zero-order valence-electron chi connectivity index (χ0n) is 15.7. The van der Waals surface area contributed by atoms with Gasteiger partial charge in [0.25, 0.3) is 0 Å². The van der Waals surface area contributed by atoms with Gasteiger partial charge < -0.3 is 14.6 Å².